The molecule has 0 aromatic heterocycles. The number of hydrogen-bond donors (Lipinski definition) is 1. The van der Waals surface area contributed by atoms with E-state index in [0.717, 1.165) is 12.1 Å². The third-order valence-corrected chi connectivity index (χ3v) is 4.81. The molecule has 9 heteroatoms. The van der Waals surface area contributed by atoms with E-state index in [-0.39, 0.29) is 36.0 Å². The second-order valence-corrected chi connectivity index (χ2v) is 7.11. The Kier molecular flexibility index (Phi) is 6.00. The van der Waals surface area contributed by atoms with Gasteiger partial charge in [0.25, 0.3) is 5.91 Å². The van der Waals surface area contributed by atoms with Gasteiger partial charge in [0.15, 0.2) is 11.6 Å². The van der Waals surface area contributed by atoms with Crippen molar-refractivity contribution in [2.24, 2.45) is 5.92 Å². The third kappa shape index (κ3) is 4.24. The summed E-state index contributed by atoms with van der Waals surface area (Å²) in [6.07, 6.45) is -0.0650. The molecular weight excluding hydrogens is 396 g/mol. The van der Waals surface area contributed by atoms with Gasteiger partial charge in [0, 0.05) is 44.5 Å². The molecular formula is C21H21F2N3O4. The van der Waals surface area contributed by atoms with Crippen LogP contribution in [0.4, 0.5) is 20.2 Å². The van der Waals surface area contributed by atoms with Crippen LogP contribution in [0.25, 0.3) is 0 Å². The van der Waals surface area contributed by atoms with Gasteiger partial charge in [-0.15, -0.1) is 0 Å². The van der Waals surface area contributed by atoms with Crippen LogP contribution in [0.1, 0.15) is 16.8 Å². The molecule has 0 aliphatic carbocycles. The number of rotatable bonds is 5. The van der Waals surface area contributed by atoms with Gasteiger partial charge in [0.2, 0.25) is 11.8 Å². The summed E-state index contributed by atoms with van der Waals surface area (Å²) >= 11 is 0. The van der Waals surface area contributed by atoms with Crippen LogP contribution in [0.15, 0.2) is 36.4 Å². The number of halogens is 2. The van der Waals surface area contributed by atoms with Crippen molar-refractivity contribution < 1.29 is 27.9 Å². The van der Waals surface area contributed by atoms with E-state index < -0.39 is 23.5 Å². The van der Waals surface area contributed by atoms with E-state index >= 15 is 0 Å². The van der Waals surface area contributed by atoms with Crippen molar-refractivity contribution in [3.8, 4) is 5.75 Å². The van der Waals surface area contributed by atoms with Crippen LogP contribution in [0, 0.1) is 17.6 Å². The molecule has 0 spiro atoms. The van der Waals surface area contributed by atoms with Crippen LogP contribution in [0.3, 0.4) is 0 Å². The molecule has 1 aliphatic heterocycles. The van der Waals surface area contributed by atoms with E-state index in [1.54, 1.807) is 26.2 Å². The normalized spacial score (nSPS) is 15.8. The van der Waals surface area contributed by atoms with Gasteiger partial charge in [-0.25, -0.2) is 8.78 Å². The van der Waals surface area contributed by atoms with Crippen molar-refractivity contribution in [2.75, 3.05) is 38.0 Å². The molecule has 3 amide bonds. The Bertz CT molecular complexity index is 1010. The molecule has 30 heavy (non-hydrogen) atoms. The van der Waals surface area contributed by atoms with E-state index in [1.807, 2.05) is 0 Å². The number of carbonyl (C=O) groups is 3. The number of amides is 3. The highest BCUT2D eigenvalue weighted by Gasteiger charge is 2.35. The van der Waals surface area contributed by atoms with Crippen LogP contribution in [-0.2, 0) is 9.59 Å². The molecule has 1 heterocycles. The summed E-state index contributed by atoms with van der Waals surface area (Å²) in [7, 11) is 4.64. The molecule has 0 radical (unpaired) electrons. The number of carbonyl (C=O) groups excluding carboxylic acids is 3. The fourth-order valence-corrected chi connectivity index (χ4v) is 3.22. The summed E-state index contributed by atoms with van der Waals surface area (Å²) in [6.45, 7) is 0.0371. The van der Waals surface area contributed by atoms with E-state index in [1.165, 1.54) is 29.0 Å². The lowest BCUT2D eigenvalue weighted by atomic mass is 10.1. The lowest BCUT2D eigenvalue weighted by Crippen LogP contribution is -2.28. The molecule has 1 N–H and O–H groups in total. The number of methoxy groups -OCH3 is 1. The quantitative estimate of drug-likeness (QED) is 0.811. The average molecular weight is 417 g/mol. The van der Waals surface area contributed by atoms with Gasteiger partial charge in [0.05, 0.1) is 18.6 Å². The minimum absolute atomic E-state index is 0.0371. The molecule has 2 aromatic carbocycles. The zero-order chi connectivity index (χ0) is 22.0. The minimum Gasteiger partial charge on any atom is -0.496 e. The van der Waals surface area contributed by atoms with Crippen molar-refractivity contribution in [3.05, 3.63) is 53.6 Å². The largest absolute Gasteiger partial charge is 0.496 e. The Morgan fingerprint density at radius 3 is 2.50 bits per heavy atom. The van der Waals surface area contributed by atoms with Crippen LogP contribution in [-0.4, -0.2) is 50.4 Å². The number of benzene rings is 2. The maximum atomic E-state index is 13.5. The van der Waals surface area contributed by atoms with Gasteiger partial charge in [0.1, 0.15) is 5.75 Å². The zero-order valence-corrected chi connectivity index (χ0v) is 16.7. The first-order valence-corrected chi connectivity index (χ1v) is 9.17. The maximum absolute atomic E-state index is 13.5. The van der Waals surface area contributed by atoms with Crippen molar-refractivity contribution in [3.63, 3.8) is 0 Å². The molecule has 1 aliphatic rings. The van der Waals surface area contributed by atoms with E-state index in [4.69, 9.17) is 4.74 Å². The smallest absolute Gasteiger partial charge is 0.257 e. The highest BCUT2D eigenvalue weighted by Crippen LogP contribution is 2.28. The van der Waals surface area contributed by atoms with E-state index in [9.17, 15) is 23.2 Å². The predicted octanol–water partition coefficient (Wildman–Crippen LogP) is 2.67. The molecule has 2 aromatic rings. The summed E-state index contributed by atoms with van der Waals surface area (Å²) in [5.41, 5.74) is 0.855. The lowest BCUT2D eigenvalue weighted by Gasteiger charge is -2.17. The molecule has 1 atom stereocenters. The Labute approximate surface area is 172 Å². The fraction of sp³-hybridized carbons (Fsp3) is 0.286. The Hall–Kier alpha value is -3.49. The van der Waals surface area contributed by atoms with E-state index in [0.29, 0.717) is 11.4 Å². The zero-order valence-electron chi connectivity index (χ0n) is 16.7. The summed E-state index contributed by atoms with van der Waals surface area (Å²) < 4.78 is 31.8. The second kappa shape index (κ2) is 8.48. The standard InChI is InChI=1S/C21H21F2N3O4/c1-25(2)21(29)15-9-13(4-7-18(15)30-3)24-20(28)12-8-19(27)26(11-12)14-5-6-16(22)17(23)10-14/h4-7,9-10,12H,8,11H2,1-3H3,(H,24,28). The summed E-state index contributed by atoms with van der Waals surface area (Å²) in [4.78, 5) is 40.0. The first kappa shape index (κ1) is 21.2. The highest BCUT2D eigenvalue weighted by molar-refractivity contribution is 6.04. The molecule has 7 nitrogen and oxygen atoms in total. The number of hydrogen-bond acceptors (Lipinski definition) is 4. The van der Waals surface area contributed by atoms with Crippen molar-refractivity contribution in [1.29, 1.82) is 0 Å². The van der Waals surface area contributed by atoms with Gasteiger partial charge < -0.3 is 19.9 Å². The number of nitrogens with zero attached hydrogens (tertiary/aromatic N) is 2. The average Bonchev–Trinajstić information content (AvgIpc) is 3.11. The monoisotopic (exact) mass is 417 g/mol. The summed E-state index contributed by atoms with van der Waals surface area (Å²) in [5.74, 6) is -3.45. The molecule has 0 bridgehead atoms. The summed E-state index contributed by atoms with van der Waals surface area (Å²) in [5, 5.41) is 2.70. The second-order valence-electron chi connectivity index (χ2n) is 7.11. The summed E-state index contributed by atoms with van der Waals surface area (Å²) in [6, 6.07) is 7.82. The van der Waals surface area contributed by atoms with Crippen LogP contribution in [0.5, 0.6) is 5.75 Å². The molecule has 3 rings (SSSR count). The predicted molar refractivity (Wildman–Crippen MR) is 106 cm³/mol. The van der Waals surface area contributed by atoms with Crippen LogP contribution >= 0.6 is 0 Å². The van der Waals surface area contributed by atoms with Gasteiger partial charge in [-0.2, -0.15) is 0 Å². The molecule has 1 fully saturated rings. The van der Waals surface area contributed by atoms with Crippen molar-refractivity contribution in [2.45, 2.75) is 6.42 Å². The Morgan fingerprint density at radius 2 is 1.87 bits per heavy atom. The maximum Gasteiger partial charge on any atom is 0.257 e. The lowest BCUT2D eigenvalue weighted by molar-refractivity contribution is -0.122. The number of nitrogens with one attached hydrogen (secondary N) is 1. The fourth-order valence-electron chi connectivity index (χ4n) is 3.22. The third-order valence-electron chi connectivity index (χ3n) is 4.81. The molecule has 1 unspecified atom stereocenters. The minimum atomic E-state index is -1.07. The van der Waals surface area contributed by atoms with Crippen LogP contribution in [0.2, 0.25) is 0 Å². The first-order chi connectivity index (χ1) is 14.2. The first-order valence-electron chi connectivity index (χ1n) is 9.17. The van der Waals surface area contributed by atoms with Gasteiger partial charge >= 0.3 is 0 Å². The highest BCUT2D eigenvalue weighted by atomic mass is 19.2. The van der Waals surface area contributed by atoms with Gasteiger partial charge in [-0.3, -0.25) is 14.4 Å². The SMILES string of the molecule is COc1ccc(NC(=O)C2CC(=O)N(c3ccc(F)c(F)c3)C2)cc1C(=O)N(C)C. The van der Waals surface area contributed by atoms with E-state index in [2.05, 4.69) is 5.32 Å². The number of anilines is 2. The molecule has 0 saturated carbocycles. The molecule has 1 saturated heterocycles. The van der Waals surface area contributed by atoms with Gasteiger partial charge in [-0.05, 0) is 30.3 Å². The van der Waals surface area contributed by atoms with Crippen LogP contribution < -0.4 is 15.0 Å². The number of ether oxygens (including phenoxy) is 1. The molecule has 158 valence electrons. The topological polar surface area (TPSA) is 79.0 Å². The van der Waals surface area contributed by atoms with Crippen molar-refractivity contribution >= 4 is 29.1 Å². The Balaban J connectivity index is 1.75. The van der Waals surface area contributed by atoms with Crippen molar-refractivity contribution in [1.82, 2.24) is 4.90 Å². The Morgan fingerprint density at radius 1 is 1.13 bits per heavy atom. The van der Waals surface area contributed by atoms with Gasteiger partial charge in [-0.1, -0.05) is 0 Å².